The van der Waals surface area contributed by atoms with E-state index in [1.807, 2.05) is 0 Å². The third-order valence-corrected chi connectivity index (χ3v) is 3.96. The summed E-state index contributed by atoms with van der Waals surface area (Å²) in [6.45, 7) is -0.151. The number of nitrogens with zero attached hydrogens (tertiary/aromatic N) is 5. The van der Waals surface area contributed by atoms with Crippen LogP contribution in [0.15, 0.2) is 15.9 Å². The van der Waals surface area contributed by atoms with E-state index >= 15 is 0 Å². The second-order valence-corrected chi connectivity index (χ2v) is 5.82. The summed E-state index contributed by atoms with van der Waals surface area (Å²) in [5.41, 5.74) is -1.90. The lowest BCUT2D eigenvalue weighted by atomic mass is 10.3. The second-order valence-electron chi connectivity index (χ2n) is 5.44. The van der Waals surface area contributed by atoms with Gasteiger partial charge >= 0.3 is 16.9 Å². The lowest BCUT2D eigenvalue weighted by Gasteiger charge is -2.18. The van der Waals surface area contributed by atoms with Crippen molar-refractivity contribution in [3.8, 4) is 0 Å². The lowest BCUT2D eigenvalue weighted by molar-refractivity contribution is -0.387. The molecule has 0 radical (unpaired) electrons. The van der Waals surface area contributed by atoms with Crippen LogP contribution in [0.2, 0.25) is 0 Å². The van der Waals surface area contributed by atoms with E-state index in [1.54, 1.807) is 19.0 Å². The Morgan fingerprint density at radius 1 is 1.36 bits per heavy atom. The molecule has 0 atom stereocenters. The van der Waals surface area contributed by atoms with Gasteiger partial charge in [0.2, 0.25) is 0 Å². The van der Waals surface area contributed by atoms with Crippen molar-refractivity contribution >= 4 is 29.4 Å². The van der Waals surface area contributed by atoms with Crippen LogP contribution in [-0.2, 0) is 20.6 Å². The van der Waals surface area contributed by atoms with Crippen LogP contribution >= 0.6 is 12.2 Å². The fourth-order valence-electron chi connectivity index (χ4n) is 2.33. The first kappa shape index (κ1) is 18.3. The van der Waals surface area contributed by atoms with E-state index in [0.29, 0.717) is 16.1 Å². The maximum absolute atomic E-state index is 12.1. The third kappa shape index (κ3) is 3.28. The monoisotopic (exact) mass is 367 g/mol. The Morgan fingerprint density at radius 2 is 2.00 bits per heavy atom. The number of nitrogens with one attached hydrogen (secondary N) is 2. The van der Waals surface area contributed by atoms with Gasteiger partial charge in [-0.2, -0.15) is 0 Å². The highest BCUT2D eigenvalue weighted by Gasteiger charge is 2.25. The first-order valence-corrected chi connectivity index (χ1v) is 7.49. The summed E-state index contributed by atoms with van der Waals surface area (Å²) in [7, 11) is 6.11. The highest BCUT2D eigenvalue weighted by atomic mass is 32.1. The molecule has 0 saturated heterocycles. The van der Waals surface area contributed by atoms with Crippen LogP contribution in [0, 0.1) is 14.8 Å². The van der Waals surface area contributed by atoms with Gasteiger partial charge in [-0.05, 0) is 0 Å². The minimum atomic E-state index is -0.964. The molecule has 0 aliphatic rings. The maximum atomic E-state index is 12.1. The highest BCUT2D eigenvalue weighted by Crippen LogP contribution is 2.22. The third-order valence-electron chi connectivity index (χ3n) is 3.66. The van der Waals surface area contributed by atoms with Crippen LogP contribution in [0.3, 0.4) is 0 Å². The fourth-order valence-corrected chi connectivity index (χ4v) is 2.55. The normalized spacial score (nSPS) is 10.6. The molecule has 0 amide bonds. The van der Waals surface area contributed by atoms with Crippen molar-refractivity contribution in [3.63, 3.8) is 0 Å². The Morgan fingerprint density at radius 3 is 2.56 bits per heavy atom. The summed E-state index contributed by atoms with van der Waals surface area (Å²) in [5.74, 6) is 0.608. The average Bonchev–Trinajstić information content (AvgIpc) is 2.55. The van der Waals surface area contributed by atoms with Crippen LogP contribution in [0.1, 0.15) is 5.69 Å². The SMILES string of the molecule is CN(C)c1[nH]cnc(=S)c1NCc1c([N+](=O)[O-])c(=O)n(C)c(=O)n1C. The summed E-state index contributed by atoms with van der Waals surface area (Å²) in [5, 5.41) is 14.3. The van der Waals surface area contributed by atoms with E-state index < -0.39 is 21.9 Å². The molecule has 0 fully saturated rings. The number of hydrogen-bond acceptors (Lipinski definition) is 8. The highest BCUT2D eigenvalue weighted by molar-refractivity contribution is 7.71. The van der Waals surface area contributed by atoms with Gasteiger partial charge in [0.05, 0.1) is 17.8 Å². The number of anilines is 2. The van der Waals surface area contributed by atoms with Crippen LogP contribution in [0.4, 0.5) is 17.2 Å². The molecule has 0 aliphatic carbocycles. The molecule has 12 heteroatoms. The van der Waals surface area contributed by atoms with Gasteiger partial charge in [-0.15, -0.1) is 0 Å². The standard InChI is InChI=1S/C13H17N7O4S/c1-17(2)10-8(11(25)16-6-15-10)14-5-7-9(20(23)24)12(21)19(4)13(22)18(7)3/h6,14H,5H2,1-4H3,(H,15,16,25). The van der Waals surface area contributed by atoms with Gasteiger partial charge in [0.25, 0.3) is 0 Å². The van der Waals surface area contributed by atoms with Gasteiger partial charge in [0.15, 0.2) is 4.64 Å². The van der Waals surface area contributed by atoms with Crippen LogP contribution in [0.5, 0.6) is 0 Å². The first-order valence-electron chi connectivity index (χ1n) is 7.09. The van der Waals surface area contributed by atoms with E-state index in [9.17, 15) is 19.7 Å². The molecule has 2 aromatic heterocycles. The van der Waals surface area contributed by atoms with Crippen molar-refractivity contribution in [1.82, 2.24) is 19.1 Å². The Labute approximate surface area is 146 Å². The first-order chi connectivity index (χ1) is 11.7. The molecule has 2 N–H and O–H groups in total. The fraction of sp³-hybridized carbons (Fsp3) is 0.385. The Hall–Kier alpha value is -3.02. The molecule has 0 bridgehead atoms. The zero-order chi connectivity index (χ0) is 18.9. The predicted octanol–water partition coefficient (Wildman–Crippen LogP) is 0.123. The van der Waals surface area contributed by atoms with Crippen LogP contribution < -0.4 is 21.5 Å². The molecular weight excluding hydrogens is 350 g/mol. The summed E-state index contributed by atoms with van der Waals surface area (Å²) < 4.78 is 2.01. The molecule has 2 rings (SSSR count). The number of nitro groups is 1. The number of hydrogen-bond donors (Lipinski definition) is 2. The average molecular weight is 367 g/mol. The van der Waals surface area contributed by atoms with Crippen molar-refractivity contribution < 1.29 is 4.92 Å². The van der Waals surface area contributed by atoms with Gasteiger partial charge in [-0.3, -0.25) is 24.0 Å². The quantitative estimate of drug-likeness (QED) is 0.433. The van der Waals surface area contributed by atoms with Gasteiger partial charge in [-0.25, -0.2) is 9.78 Å². The van der Waals surface area contributed by atoms with Gasteiger partial charge in [0, 0.05) is 28.2 Å². The topological polar surface area (TPSA) is 131 Å². The largest absolute Gasteiger partial charge is 0.374 e. The van der Waals surface area contributed by atoms with E-state index in [4.69, 9.17) is 12.2 Å². The van der Waals surface area contributed by atoms with E-state index in [2.05, 4.69) is 15.3 Å². The number of rotatable bonds is 5. The smallest absolute Gasteiger partial charge is 0.355 e. The van der Waals surface area contributed by atoms with Crippen molar-refractivity contribution in [2.75, 3.05) is 24.3 Å². The Kier molecular flexibility index (Phi) is 5.02. The lowest BCUT2D eigenvalue weighted by Crippen LogP contribution is -2.40. The number of aromatic nitrogens is 4. The van der Waals surface area contributed by atoms with Crippen LogP contribution in [-0.4, -0.2) is 38.1 Å². The van der Waals surface area contributed by atoms with E-state index in [1.165, 1.54) is 20.4 Å². The Balaban J connectivity index is 2.57. The molecule has 0 unspecified atom stereocenters. The molecule has 0 spiro atoms. The summed E-state index contributed by atoms with van der Waals surface area (Å²) in [6, 6.07) is 0. The zero-order valence-corrected chi connectivity index (χ0v) is 14.9. The zero-order valence-electron chi connectivity index (χ0n) is 14.1. The molecule has 2 heterocycles. The van der Waals surface area contributed by atoms with Crippen molar-refractivity contribution in [1.29, 1.82) is 0 Å². The summed E-state index contributed by atoms with van der Waals surface area (Å²) in [4.78, 5) is 43.3. The second kappa shape index (κ2) is 6.84. The summed E-state index contributed by atoms with van der Waals surface area (Å²) >= 11 is 5.18. The summed E-state index contributed by atoms with van der Waals surface area (Å²) in [6.07, 6.45) is 1.43. The van der Waals surface area contributed by atoms with Crippen molar-refractivity contribution in [3.05, 3.63) is 47.6 Å². The maximum Gasteiger partial charge on any atom is 0.355 e. The molecule has 0 saturated carbocycles. The molecule has 25 heavy (non-hydrogen) atoms. The molecule has 2 aromatic rings. The van der Waals surface area contributed by atoms with Crippen molar-refractivity contribution in [2.24, 2.45) is 14.1 Å². The molecular formula is C13H17N7O4S. The molecule has 134 valence electrons. The van der Waals surface area contributed by atoms with Gasteiger partial charge in [0.1, 0.15) is 17.2 Å². The Bertz CT molecular complexity index is 1000. The number of aromatic amines is 1. The van der Waals surface area contributed by atoms with Crippen LogP contribution in [0.25, 0.3) is 0 Å². The van der Waals surface area contributed by atoms with E-state index in [-0.39, 0.29) is 16.9 Å². The number of H-pyrrole nitrogens is 1. The van der Waals surface area contributed by atoms with Gasteiger partial charge < -0.3 is 15.2 Å². The molecule has 0 aromatic carbocycles. The van der Waals surface area contributed by atoms with E-state index in [0.717, 1.165) is 4.57 Å². The van der Waals surface area contributed by atoms with Gasteiger partial charge in [-0.1, -0.05) is 12.2 Å². The predicted molar refractivity (Wildman–Crippen MR) is 94.7 cm³/mol. The molecule has 11 nitrogen and oxygen atoms in total. The minimum absolute atomic E-state index is 0.0546. The minimum Gasteiger partial charge on any atom is -0.374 e. The molecule has 0 aliphatic heterocycles. The van der Waals surface area contributed by atoms with Crippen molar-refractivity contribution in [2.45, 2.75) is 6.54 Å².